The van der Waals surface area contributed by atoms with Gasteiger partial charge in [-0.05, 0) is 12.1 Å². The van der Waals surface area contributed by atoms with Gasteiger partial charge in [-0.3, -0.25) is 28.9 Å². The highest BCUT2D eigenvalue weighted by molar-refractivity contribution is 8.00. The molecule has 2 atom stereocenters. The number of aromatic nitrogens is 1. The van der Waals surface area contributed by atoms with Gasteiger partial charge in [-0.1, -0.05) is 6.92 Å². The van der Waals surface area contributed by atoms with Crippen molar-refractivity contribution < 1.29 is 38.2 Å². The highest BCUT2D eigenvalue weighted by Crippen LogP contribution is 2.40. The van der Waals surface area contributed by atoms with Crippen molar-refractivity contribution >= 4 is 47.7 Å². The molecule has 3 rings (SSSR count). The minimum absolute atomic E-state index is 0.0588. The van der Waals surface area contributed by atoms with E-state index in [-0.39, 0.29) is 43.7 Å². The molecule has 1 saturated heterocycles. The van der Waals surface area contributed by atoms with Crippen LogP contribution in [-0.4, -0.2) is 87.9 Å². The lowest BCUT2D eigenvalue weighted by atomic mass is 10.0. The molecule has 3 heterocycles. The summed E-state index contributed by atoms with van der Waals surface area (Å²) in [5, 5.41) is 2.08. The van der Waals surface area contributed by atoms with Gasteiger partial charge < -0.3 is 24.3 Å². The van der Waals surface area contributed by atoms with Crippen molar-refractivity contribution in [1.29, 1.82) is 0 Å². The number of rotatable bonds is 10. The van der Waals surface area contributed by atoms with Crippen LogP contribution in [0.2, 0.25) is 0 Å². The molecule has 0 bridgehead atoms. The summed E-state index contributed by atoms with van der Waals surface area (Å²) < 4.78 is 11.7. The summed E-state index contributed by atoms with van der Waals surface area (Å²) in [5.41, 5.74) is 0.650. The third kappa shape index (κ3) is 5.73. The smallest absolute Gasteiger partial charge is 0.356 e. The fraction of sp³-hybridized carbons (Fsp3) is 0.455. The van der Waals surface area contributed by atoms with Gasteiger partial charge in [0.05, 0.1) is 5.69 Å². The highest BCUT2D eigenvalue weighted by atomic mass is 32.2. The van der Waals surface area contributed by atoms with Crippen LogP contribution in [0.4, 0.5) is 0 Å². The van der Waals surface area contributed by atoms with Crippen molar-refractivity contribution in [3.63, 3.8) is 0 Å². The van der Waals surface area contributed by atoms with E-state index in [0.717, 1.165) is 0 Å². The largest absolute Gasteiger partial charge is 0.461 e. The Labute approximate surface area is 205 Å². The molecule has 0 spiro atoms. The first-order valence-electron chi connectivity index (χ1n) is 10.8. The van der Waals surface area contributed by atoms with Gasteiger partial charge in [0, 0.05) is 37.9 Å². The van der Waals surface area contributed by atoms with Crippen LogP contribution in [0.3, 0.4) is 0 Å². The van der Waals surface area contributed by atoms with E-state index in [9.17, 15) is 28.8 Å². The number of carbonyl (C=O) groups excluding carboxylic acids is 6. The first-order valence-corrected chi connectivity index (χ1v) is 11.8. The first-order chi connectivity index (χ1) is 16.7. The van der Waals surface area contributed by atoms with E-state index < -0.39 is 35.2 Å². The van der Waals surface area contributed by atoms with Gasteiger partial charge >= 0.3 is 11.9 Å². The molecule has 0 saturated carbocycles. The number of hydrogen-bond donors (Lipinski definition) is 1. The number of carbonyl (C=O) groups is 6. The van der Waals surface area contributed by atoms with E-state index in [0.29, 0.717) is 17.6 Å². The minimum Gasteiger partial charge on any atom is -0.461 e. The van der Waals surface area contributed by atoms with Crippen molar-refractivity contribution in [2.24, 2.45) is 0 Å². The van der Waals surface area contributed by atoms with Gasteiger partial charge in [-0.25, -0.2) is 4.79 Å². The zero-order valence-corrected chi connectivity index (χ0v) is 20.3. The quantitative estimate of drug-likeness (QED) is 0.199. The number of ether oxygens (including phenoxy) is 2. The molecule has 2 aliphatic heterocycles. The Hall–Kier alpha value is -3.61. The summed E-state index contributed by atoms with van der Waals surface area (Å²) in [6, 6.07) is 2.31. The molecule has 188 valence electrons. The molecule has 35 heavy (non-hydrogen) atoms. The molecule has 0 radical (unpaired) electrons. The van der Waals surface area contributed by atoms with E-state index >= 15 is 0 Å². The summed E-state index contributed by atoms with van der Waals surface area (Å²) in [7, 11) is 1.48. The van der Waals surface area contributed by atoms with Crippen LogP contribution in [0.1, 0.15) is 30.8 Å². The van der Waals surface area contributed by atoms with Crippen molar-refractivity contribution in [3.05, 3.63) is 35.3 Å². The number of β-lactam (4-membered cyclic amide) rings is 1. The Morgan fingerprint density at radius 3 is 2.69 bits per heavy atom. The van der Waals surface area contributed by atoms with E-state index in [1.54, 1.807) is 25.3 Å². The van der Waals surface area contributed by atoms with Gasteiger partial charge in [-0.15, -0.1) is 11.8 Å². The molecule has 2 aliphatic rings. The molecule has 1 fully saturated rings. The molecule has 2 unspecified atom stereocenters. The number of nitrogens with zero attached hydrogens (tertiary/aromatic N) is 3. The van der Waals surface area contributed by atoms with Crippen LogP contribution in [0.25, 0.3) is 0 Å². The van der Waals surface area contributed by atoms with Gasteiger partial charge in [-0.2, -0.15) is 0 Å². The zero-order chi connectivity index (χ0) is 25.7. The van der Waals surface area contributed by atoms with E-state index in [1.807, 2.05) is 0 Å². The summed E-state index contributed by atoms with van der Waals surface area (Å²) in [4.78, 5) is 75.0. The first kappa shape index (κ1) is 26.0. The number of fused-ring (bicyclic) bond motifs is 1. The maximum absolute atomic E-state index is 13.0. The SMILES string of the molecule is CCC(=O)N(C)COC(=O)C1=C(COC(C)=O)CSC2C(NC(=O)Cn3cccc3C=O)C(=O)N12. The van der Waals surface area contributed by atoms with Crippen LogP contribution in [0.5, 0.6) is 0 Å². The lowest BCUT2D eigenvalue weighted by molar-refractivity contribution is -0.157. The van der Waals surface area contributed by atoms with Crippen LogP contribution < -0.4 is 5.32 Å². The maximum Gasteiger partial charge on any atom is 0.356 e. The fourth-order valence-electron chi connectivity index (χ4n) is 3.59. The Bertz CT molecular complexity index is 1080. The number of amides is 3. The zero-order valence-electron chi connectivity index (χ0n) is 19.5. The summed E-state index contributed by atoms with van der Waals surface area (Å²) in [6.07, 6.45) is 2.43. The topological polar surface area (TPSA) is 144 Å². The summed E-state index contributed by atoms with van der Waals surface area (Å²) >= 11 is 1.30. The Morgan fingerprint density at radius 2 is 2.03 bits per heavy atom. The van der Waals surface area contributed by atoms with Crippen LogP contribution in [0.15, 0.2) is 29.6 Å². The van der Waals surface area contributed by atoms with Crippen molar-refractivity contribution in [3.8, 4) is 0 Å². The molecule has 12 nitrogen and oxygen atoms in total. The van der Waals surface area contributed by atoms with Gasteiger partial charge in [0.2, 0.25) is 11.8 Å². The second-order valence-corrected chi connectivity index (χ2v) is 8.98. The lowest BCUT2D eigenvalue weighted by Gasteiger charge is -2.49. The van der Waals surface area contributed by atoms with Gasteiger partial charge in [0.1, 0.15) is 30.3 Å². The summed E-state index contributed by atoms with van der Waals surface area (Å²) in [5.74, 6) is -2.35. The van der Waals surface area contributed by atoms with E-state index in [4.69, 9.17) is 9.47 Å². The second kappa shape index (κ2) is 11.2. The monoisotopic (exact) mass is 506 g/mol. The lowest BCUT2D eigenvalue weighted by Crippen LogP contribution is -2.71. The Balaban J connectivity index is 1.73. The van der Waals surface area contributed by atoms with E-state index in [2.05, 4.69) is 5.32 Å². The molecule has 1 aromatic rings. The van der Waals surface area contributed by atoms with Crippen LogP contribution >= 0.6 is 11.8 Å². The molecule has 1 N–H and O–H groups in total. The number of esters is 2. The van der Waals surface area contributed by atoms with Crippen LogP contribution in [-0.2, 0) is 40.0 Å². The predicted molar refractivity (Wildman–Crippen MR) is 123 cm³/mol. The predicted octanol–water partition coefficient (Wildman–Crippen LogP) is -0.113. The van der Waals surface area contributed by atoms with Gasteiger partial charge in [0.15, 0.2) is 13.0 Å². The van der Waals surface area contributed by atoms with Crippen molar-refractivity contribution in [2.75, 3.05) is 26.1 Å². The molecule has 1 aromatic heterocycles. The normalized spacial score (nSPS) is 18.8. The van der Waals surface area contributed by atoms with E-state index in [1.165, 1.54) is 40.1 Å². The molecule has 0 aliphatic carbocycles. The third-order valence-corrected chi connectivity index (χ3v) is 6.76. The number of aldehydes is 1. The maximum atomic E-state index is 13.0. The molecular weight excluding hydrogens is 480 g/mol. The number of thioether (sulfide) groups is 1. The number of hydrogen-bond acceptors (Lipinski definition) is 9. The minimum atomic E-state index is -0.884. The van der Waals surface area contributed by atoms with Crippen molar-refractivity contribution in [1.82, 2.24) is 19.7 Å². The fourth-order valence-corrected chi connectivity index (χ4v) is 4.92. The molecule has 0 aromatic carbocycles. The van der Waals surface area contributed by atoms with Crippen molar-refractivity contribution in [2.45, 2.75) is 38.2 Å². The molecule has 13 heteroatoms. The third-order valence-electron chi connectivity index (χ3n) is 5.42. The second-order valence-electron chi connectivity index (χ2n) is 7.87. The Morgan fingerprint density at radius 1 is 1.29 bits per heavy atom. The molecule has 3 amide bonds. The average Bonchev–Trinajstić information content (AvgIpc) is 3.29. The summed E-state index contributed by atoms with van der Waals surface area (Å²) in [6.45, 7) is 2.23. The van der Waals surface area contributed by atoms with Gasteiger partial charge in [0.25, 0.3) is 5.91 Å². The highest BCUT2D eigenvalue weighted by Gasteiger charge is 2.54. The number of nitrogens with one attached hydrogen (secondary N) is 1. The standard InChI is InChI=1S/C22H26N4O8S/c1-4-17(30)24(3)12-34-22(32)19-14(10-33-13(2)28)11-35-21-18(20(31)26(19)21)23-16(29)8-25-7-5-6-15(25)9-27/h5-7,9,18,21H,4,8,10-12H2,1-3H3,(H,23,29). The molecular formula is C22H26N4O8S. The Kier molecular flexibility index (Phi) is 8.33. The van der Waals surface area contributed by atoms with Crippen LogP contribution in [0, 0.1) is 0 Å². The average molecular weight is 507 g/mol.